The molecule has 3 N–H and O–H groups in total. The lowest BCUT2D eigenvalue weighted by Gasteiger charge is -2.22. The predicted octanol–water partition coefficient (Wildman–Crippen LogP) is 2.91. The Morgan fingerprint density at radius 1 is 1.10 bits per heavy atom. The van der Waals surface area contributed by atoms with Crippen molar-refractivity contribution < 1.29 is 13.9 Å². The summed E-state index contributed by atoms with van der Waals surface area (Å²) in [6, 6.07) is 9.90. The molecule has 0 fully saturated rings. The molecule has 4 nitrogen and oxygen atoms in total. The molecule has 0 amide bonds. The number of hydrogen-bond acceptors (Lipinski definition) is 4. The molecule has 0 saturated heterocycles. The van der Waals surface area contributed by atoms with Crippen molar-refractivity contribution in [2.75, 3.05) is 13.2 Å². The second-order valence-corrected chi connectivity index (χ2v) is 5.58. The molecule has 1 unspecified atom stereocenters. The highest BCUT2D eigenvalue weighted by atomic mass is 79.9. The molecular weight excluding hydrogens is 339 g/mol. The van der Waals surface area contributed by atoms with Gasteiger partial charge in [-0.2, -0.15) is 0 Å². The number of halogens is 2. The molecule has 2 aromatic rings. The number of nitrogens with one attached hydrogen (secondary N) is 1. The van der Waals surface area contributed by atoms with Gasteiger partial charge >= 0.3 is 0 Å². The molecule has 0 bridgehead atoms. The Kier molecular flexibility index (Phi) is 4.10. The molecule has 0 aliphatic carbocycles. The van der Waals surface area contributed by atoms with Crippen LogP contribution in [0.3, 0.4) is 0 Å². The summed E-state index contributed by atoms with van der Waals surface area (Å²) in [6.45, 7) is 1.04. The van der Waals surface area contributed by atoms with E-state index in [1.807, 2.05) is 18.2 Å². The normalized spacial score (nSPS) is 14.8. The summed E-state index contributed by atoms with van der Waals surface area (Å²) in [5, 5.41) is 0. The topological polar surface area (TPSA) is 56.5 Å². The Bertz CT molecular complexity index is 666. The Balaban J connectivity index is 1.99. The first kappa shape index (κ1) is 14.3. The monoisotopic (exact) mass is 352 g/mol. The Hall–Kier alpha value is -1.63. The first-order valence-electron chi connectivity index (χ1n) is 6.49. The van der Waals surface area contributed by atoms with Gasteiger partial charge in [-0.1, -0.05) is 28.1 Å². The summed E-state index contributed by atoms with van der Waals surface area (Å²) >= 11 is 3.24. The van der Waals surface area contributed by atoms with Crippen molar-refractivity contribution in [1.82, 2.24) is 5.43 Å². The van der Waals surface area contributed by atoms with E-state index >= 15 is 0 Å². The van der Waals surface area contributed by atoms with E-state index in [4.69, 9.17) is 15.3 Å². The van der Waals surface area contributed by atoms with Gasteiger partial charge in [0.05, 0.1) is 6.04 Å². The average molecular weight is 353 g/mol. The van der Waals surface area contributed by atoms with Crippen molar-refractivity contribution in [3.63, 3.8) is 0 Å². The van der Waals surface area contributed by atoms with E-state index in [0.717, 1.165) is 5.56 Å². The largest absolute Gasteiger partial charge is 0.486 e. The van der Waals surface area contributed by atoms with E-state index < -0.39 is 6.04 Å². The quantitative estimate of drug-likeness (QED) is 0.658. The van der Waals surface area contributed by atoms with Gasteiger partial charge in [-0.05, 0) is 29.8 Å². The maximum Gasteiger partial charge on any atom is 0.161 e. The highest BCUT2D eigenvalue weighted by Gasteiger charge is 2.20. The molecule has 0 spiro atoms. The Morgan fingerprint density at radius 2 is 1.86 bits per heavy atom. The summed E-state index contributed by atoms with van der Waals surface area (Å²) < 4.78 is 25.8. The van der Waals surface area contributed by atoms with Crippen molar-refractivity contribution in [3.05, 3.63) is 57.8 Å². The standard InChI is InChI=1S/C15H14BrFN2O2/c16-10-2-3-11(12(17)8-10)15(19-18)9-1-4-13-14(7-9)21-6-5-20-13/h1-4,7-8,15,19H,5-6,18H2. The van der Waals surface area contributed by atoms with Gasteiger partial charge in [-0.15, -0.1) is 0 Å². The molecule has 0 saturated carbocycles. The summed E-state index contributed by atoms with van der Waals surface area (Å²) in [7, 11) is 0. The number of fused-ring (bicyclic) bond motifs is 1. The fourth-order valence-corrected chi connectivity index (χ4v) is 2.67. The SMILES string of the molecule is NNC(c1ccc2c(c1)OCCO2)c1ccc(Br)cc1F. The molecule has 0 radical (unpaired) electrons. The van der Waals surface area contributed by atoms with Crippen LogP contribution in [0.25, 0.3) is 0 Å². The zero-order valence-corrected chi connectivity index (χ0v) is 12.7. The molecule has 3 rings (SSSR count). The first-order valence-corrected chi connectivity index (χ1v) is 7.29. The molecule has 1 atom stereocenters. The second kappa shape index (κ2) is 6.01. The van der Waals surface area contributed by atoms with Gasteiger partial charge in [0.1, 0.15) is 19.0 Å². The molecule has 2 aromatic carbocycles. The minimum Gasteiger partial charge on any atom is -0.486 e. The maximum atomic E-state index is 14.1. The molecule has 1 aliphatic rings. The Labute approximate surface area is 130 Å². The minimum absolute atomic E-state index is 0.331. The smallest absolute Gasteiger partial charge is 0.161 e. The lowest BCUT2D eigenvalue weighted by molar-refractivity contribution is 0.171. The van der Waals surface area contributed by atoms with Crippen LogP contribution in [0.1, 0.15) is 17.2 Å². The van der Waals surface area contributed by atoms with Crippen molar-refractivity contribution >= 4 is 15.9 Å². The molecular formula is C15H14BrFN2O2. The zero-order chi connectivity index (χ0) is 14.8. The molecule has 1 aliphatic heterocycles. The third-order valence-corrected chi connectivity index (χ3v) is 3.83. The highest BCUT2D eigenvalue weighted by molar-refractivity contribution is 9.10. The molecule has 21 heavy (non-hydrogen) atoms. The van der Waals surface area contributed by atoms with E-state index in [1.165, 1.54) is 6.07 Å². The maximum absolute atomic E-state index is 14.1. The minimum atomic E-state index is -0.464. The molecule has 110 valence electrons. The van der Waals surface area contributed by atoms with Gasteiger partial charge in [-0.25, -0.2) is 9.82 Å². The predicted molar refractivity (Wildman–Crippen MR) is 80.7 cm³/mol. The van der Waals surface area contributed by atoms with E-state index in [2.05, 4.69) is 21.4 Å². The lowest BCUT2D eigenvalue weighted by atomic mass is 9.98. The van der Waals surface area contributed by atoms with Gasteiger partial charge in [0, 0.05) is 10.0 Å². The van der Waals surface area contributed by atoms with Crippen LogP contribution in [0.5, 0.6) is 11.5 Å². The van der Waals surface area contributed by atoms with E-state index in [-0.39, 0.29) is 5.82 Å². The number of benzene rings is 2. The fourth-order valence-electron chi connectivity index (χ4n) is 2.34. The van der Waals surface area contributed by atoms with Gasteiger partial charge in [0.2, 0.25) is 0 Å². The average Bonchev–Trinajstić information content (AvgIpc) is 2.50. The number of rotatable bonds is 3. The molecule has 0 aromatic heterocycles. The summed E-state index contributed by atoms with van der Waals surface area (Å²) in [6.07, 6.45) is 0. The van der Waals surface area contributed by atoms with Crippen LogP contribution in [0.4, 0.5) is 4.39 Å². The summed E-state index contributed by atoms with van der Waals surface area (Å²) in [5.41, 5.74) is 3.93. The van der Waals surface area contributed by atoms with Crippen LogP contribution in [-0.2, 0) is 0 Å². The van der Waals surface area contributed by atoms with Crippen LogP contribution in [-0.4, -0.2) is 13.2 Å². The van der Waals surface area contributed by atoms with Crippen molar-refractivity contribution in [1.29, 1.82) is 0 Å². The van der Waals surface area contributed by atoms with Gasteiger partial charge < -0.3 is 9.47 Å². The second-order valence-electron chi connectivity index (χ2n) is 4.67. The zero-order valence-electron chi connectivity index (χ0n) is 11.1. The number of ether oxygens (including phenoxy) is 2. The molecule has 6 heteroatoms. The number of hydrazine groups is 1. The van der Waals surface area contributed by atoms with Gasteiger partial charge in [0.25, 0.3) is 0 Å². The van der Waals surface area contributed by atoms with E-state index in [9.17, 15) is 4.39 Å². The lowest BCUT2D eigenvalue weighted by Crippen LogP contribution is -2.29. The third-order valence-electron chi connectivity index (χ3n) is 3.34. The third kappa shape index (κ3) is 2.88. The first-order chi connectivity index (χ1) is 10.2. The number of hydrogen-bond donors (Lipinski definition) is 2. The fraction of sp³-hybridized carbons (Fsp3) is 0.200. The van der Waals surface area contributed by atoms with Crippen LogP contribution in [0.2, 0.25) is 0 Å². The van der Waals surface area contributed by atoms with Crippen molar-refractivity contribution in [3.8, 4) is 11.5 Å². The van der Waals surface area contributed by atoms with Crippen molar-refractivity contribution in [2.45, 2.75) is 6.04 Å². The molecule has 1 heterocycles. The van der Waals surface area contributed by atoms with Crippen LogP contribution < -0.4 is 20.7 Å². The van der Waals surface area contributed by atoms with Gasteiger partial charge in [-0.3, -0.25) is 5.84 Å². The van der Waals surface area contributed by atoms with E-state index in [1.54, 1.807) is 12.1 Å². The van der Waals surface area contributed by atoms with Crippen LogP contribution in [0, 0.1) is 5.82 Å². The summed E-state index contributed by atoms with van der Waals surface area (Å²) in [4.78, 5) is 0. The van der Waals surface area contributed by atoms with E-state index in [0.29, 0.717) is 34.7 Å². The van der Waals surface area contributed by atoms with Crippen LogP contribution in [0.15, 0.2) is 40.9 Å². The highest BCUT2D eigenvalue weighted by Crippen LogP contribution is 2.34. The van der Waals surface area contributed by atoms with Crippen LogP contribution >= 0.6 is 15.9 Å². The van der Waals surface area contributed by atoms with Gasteiger partial charge in [0.15, 0.2) is 11.5 Å². The Morgan fingerprint density at radius 3 is 2.57 bits per heavy atom. The van der Waals surface area contributed by atoms with Crippen molar-refractivity contribution in [2.24, 2.45) is 5.84 Å². The summed E-state index contributed by atoms with van der Waals surface area (Å²) in [5.74, 6) is 6.63. The number of nitrogens with two attached hydrogens (primary N) is 1.